The average Bonchev–Trinajstić information content (AvgIpc) is 2.52. The molecule has 0 spiro atoms. The van der Waals surface area contributed by atoms with Crippen LogP contribution >= 0.6 is 0 Å². The van der Waals surface area contributed by atoms with Crippen molar-refractivity contribution in [1.82, 2.24) is 0 Å². The molecule has 0 bridgehead atoms. The molecule has 0 aromatic heterocycles. The van der Waals surface area contributed by atoms with Gasteiger partial charge in [-0.3, -0.25) is 0 Å². The van der Waals surface area contributed by atoms with Crippen molar-refractivity contribution in [2.24, 2.45) is 0 Å². The van der Waals surface area contributed by atoms with Gasteiger partial charge in [-0.05, 0) is 49.6 Å². The lowest BCUT2D eigenvalue weighted by atomic mass is 10.1. The fraction of sp³-hybridized carbons (Fsp3) is 0.368. The first-order chi connectivity index (χ1) is 10.6. The Morgan fingerprint density at radius 3 is 2.50 bits per heavy atom. The molecule has 0 aliphatic carbocycles. The van der Waals surface area contributed by atoms with Crippen LogP contribution < -0.4 is 14.8 Å². The highest BCUT2D eigenvalue weighted by Crippen LogP contribution is 2.28. The summed E-state index contributed by atoms with van der Waals surface area (Å²) < 4.78 is 11.1. The van der Waals surface area contributed by atoms with Crippen LogP contribution in [0.4, 0.5) is 5.69 Å². The first kappa shape index (κ1) is 16.2. The third-order valence-electron chi connectivity index (χ3n) is 3.55. The zero-order chi connectivity index (χ0) is 15.9. The minimum Gasteiger partial charge on any atom is -0.493 e. The van der Waals surface area contributed by atoms with Crippen molar-refractivity contribution in [3.8, 4) is 11.5 Å². The summed E-state index contributed by atoms with van der Waals surface area (Å²) in [4.78, 5) is 0. The average molecular weight is 299 g/mol. The molecule has 0 atom stereocenters. The van der Waals surface area contributed by atoms with E-state index in [2.05, 4.69) is 50.4 Å². The van der Waals surface area contributed by atoms with E-state index in [0.717, 1.165) is 30.2 Å². The molecule has 2 aromatic rings. The van der Waals surface area contributed by atoms with Gasteiger partial charge in [-0.25, -0.2) is 0 Å². The largest absolute Gasteiger partial charge is 0.493 e. The predicted octanol–water partition coefficient (Wildman–Crippen LogP) is 4.71. The normalized spacial score (nSPS) is 10.4. The van der Waals surface area contributed by atoms with E-state index in [1.807, 2.05) is 12.1 Å². The number of ether oxygens (including phenoxy) is 2. The van der Waals surface area contributed by atoms with E-state index < -0.39 is 0 Å². The first-order valence-corrected chi connectivity index (χ1v) is 7.75. The van der Waals surface area contributed by atoms with Gasteiger partial charge in [0.05, 0.1) is 13.7 Å². The van der Waals surface area contributed by atoms with Gasteiger partial charge < -0.3 is 14.8 Å². The van der Waals surface area contributed by atoms with Crippen molar-refractivity contribution in [2.75, 3.05) is 19.0 Å². The molecule has 0 radical (unpaired) electrons. The van der Waals surface area contributed by atoms with E-state index in [9.17, 15) is 0 Å². The lowest BCUT2D eigenvalue weighted by molar-refractivity contribution is 0.294. The molecule has 0 aliphatic rings. The summed E-state index contributed by atoms with van der Waals surface area (Å²) in [5.41, 5.74) is 4.87. The molecule has 0 aliphatic heterocycles. The Hall–Kier alpha value is -2.16. The summed E-state index contributed by atoms with van der Waals surface area (Å²) in [5, 5.41) is 3.47. The fourth-order valence-corrected chi connectivity index (χ4v) is 2.36. The van der Waals surface area contributed by atoms with Gasteiger partial charge in [-0.15, -0.1) is 0 Å². The van der Waals surface area contributed by atoms with Crippen molar-refractivity contribution in [3.05, 3.63) is 53.1 Å². The second-order valence-electron chi connectivity index (χ2n) is 5.51. The summed E-state index contributed by atoms with van der Waals surface area (Å²) >= 11 is 0. The van der Waals surface area contributed by atoms with E-state index in [0.29, 0.717) is 6.61 Å². The van der Waals surface area contributed by atoms with Crippen molar-refractivity contribution in [2.45, 2.75) is 33.7 Å². The van der Waals surface area contributed by atoms with Gasteiger partial charge >= 0.3 is 0 Å². The molecular formula is C19H25NO2. The summed E-state index contributed by atoms with van der Waals surface area (Å²) in [6, 6.07) is 12.5. The molecule has 0 saturated heterocycles. The summed E-state index contributed by atoms with van der Waals surface area (Å²) in [6.45, 7) is 7.79. The smallest absolute Gasteiger partial charge is 0.161 e. The standard InChI is InChI=1S/C19H25NO2/c1-5-10-22-18-9-7-16(12-19(18)21-4)13-20-17-8-6-14(2)11-15(17)3/h6-9,11-12,20H,5,10,13H2,1-4H3. The molecule has 0 amide bonds. The van der Waals surface area contributed by atoms with Gasteiger partial charge in [0.2, 0.25) is 0 Å². The van der Waals surface area contributed by atoms with E-state index in [1.54, 1.807) is 7.11 Å². The molecule has 1 N–H and O–H groups in total. The van der Waals surface area contributed by atoms with Crippen molar-refractivity contribution < 1.29 is 9.47 Å². The van der Waals surface area contributed by atoms with Crippen LogP contribution in [-0.4, -0.2) is 13.7 Å². The SMILES string of the molecule is CCCOc1ccc(CNc2ccc(C)cc2C)cc1OC. The van der Waals surface area contributed by atoms with Crippen LogP contribution in [0.3, 0.4) is 0 Å². The third-order valence-corrected chi connectivity index (χ3v) is 3.55. The van der Waals surface area contributed by atoms with Crippen molar-refractivity contribution in [1.29, 1.82) is 0 Å². The molecule has 2 rings (SSSR count). The highest BCUT2D eigenvalue weighted by atomic mass is 16.5. The molecule has 22 heavy (non-hydrogen) atoms. The number of hydrogen-bond donors (Lipinski definition) is 1. The molecule has 0 saturated carbocycles. The van der Waals surface area contributed by atoms with E-state index in [4.69, 9.17) is 9.47 Å². The van der Waals surface area contributed by atoms with Gasteiger partial charge in [-0.1, -0.05) is 30.7 Å². The fourth-order valence-electron chi connectivity index (χ4n) is 2.36. The number of aryl methyl sites for hydroxylation is 2. The van der Waals surface area contributed by atoms with Gasteiger partial charge in [0.25, 0.3) is 0 Å². The van der Waals surface area contributed by atoms with Gasteiger partial charge in [-0.2, -0.15) is 0 Å². The lowest BCUT2D eigenvalue weighted by Gasteiger charge is -2.13. The highest BCUT2D eigenvalue weighted by Gasteiger charge is 2.06. The number of rotatable bonds is 7. The number of benzene rings is 2. The maximum absolute atomic E-state index is 5.68. The quantitative estimate of drug-likeness (QED) is 0.803. The molecular weight excluding hydrogens is 274 g/mol. The zero-order valence-electron chi connectivity index (χ0n) is 13.9. The van der Waals surface area contributed by atoms with Crippen molar-refractivity contribution in [3.63, 3.8) is 0 Å². The summed E-state index contributed by atoms with van der Waals surface area (Å²) in [7, 11) is 1.68. The van der Waals surface area contributed by atoms with Crippen LogP contribution in [0.25, 0.3) is 0 Å². The monoisotopic (exact) mass is 299 g/mol. The number of methoxy groups -OCH3 is 1. The van der Waals surface area contributed by atoms with E-state index in [-0.39, 0.29) is 0 Å². The Labute approximate surface area is 133 Å². The highest BCUT2D eigenvalue weighted by molar-refractivity contribution is 5.53. The number of anilines is 1. The van der Waals surface area contributed by atoms with E-state index >= 15 is 0 Å². The minimum absolute atomic E-state index is 0.705. The summed E-state index contributed by atoms with van der Waals surface area (Å²) in [5.74, 6) is 1.59. The second kappa shape index (κ2) is 7.74. The Morgan fingerprint density at radius 1 is 1.00 bits per heavy atom. The Bertz CT molecular complexity index is 623. The lowest BCUT2D eigenvalue weighted by Crippen LogP contribution is -2.03. The first-order valence-electron chi connectivity index (χ1n) is 7.75. The Balaban J connectivity index is 2.06. The van der Waals surface area contributed by atoms with Gasteiger partial charge in [0.15, 0.2) is 11.5 Å². The maximum atomic E-state index is 5.68. The molecule has 3 nitrogen and oxygen atoms in total. The molecule has 0 fully saturated rings. The number of nitrogens with one attached hydrogen (secondary N) is 1. The van der Waals surface area contributed by atoms with E-state index in [1.165, 1.54) is 16.7 Å². The topological polar surface area (TPSA) is 30.5 Å². The third kappa shape index (κ3) is 4.17. The Kier molecular flexibility index (Phi) is 5.70. The minimum atomic E-state index is 0.705. The maximum Gasteiger partial charge on any atom is 0.161 e. The molecule has 0 heterocycles. The van der Waals surface area contributed by atoms with Crippen LogP contribution in [0.5, 0.6) is 11.5 Å². The molecule has 3 heteroatoms. The molecule has 118 valence electrons. The van der Waals surface area contributed by atoms with Crippen LogP contribution in [-0.2, 0) is 6.54 Å². The van der Waals surface area contributed by atoms with Crippen LogP contribution in [0.15, 0.2) is 36.4 Å². The zero-order valence-corrected chi connectivity index (χ0v) is 13.9. The van der Waals surface area contributed by atoms with Crippen LogP contribution in [0.2, 0.25) is 0 Å². The van der Waals surface area contributed by atoms with Crippen molar-refractivity contribution >= 4 is 5.69 Å². The molecule has 0 unspecified atom stereocenters. The number of hydrogen-bond acceptors (Lipinski definition) is 3. The van der Waals surface area contributed by atoms with Gasteiger partial charge in [0.1, 0.15) is 0 Å². The van der Waals surface area contributed by atoms with Gasteiger partial charge in [0, 0.05) is 12.2 Å². The van der Waals surface area contributed by atoms with Crippen LogP contribution in [0.1, 0.15) is 30.0 Å². The van der Waals surface area contributed by atoms with Crippen LogP contribution in [0, 0.1) is 13.8 Å². The second-order valence-corrected chi connectivity index (χ2v) is 5.51. The predicted molar refractivity (Wildman–Crippen MR) is 92.0 cm³/mol. The summed E-state index contributed by atoms with van der Waals surface area (Å²) in [6.07, 6.45) is 0.985. The molecule has 2 aromatic carbocycles. The Morgan fingerprint density at radius 2 is 1.82 bits per heavy atom.